The summed E-state index contributed by atoms with van der Waals surface area (Å²) in [4.78, 5) is 15.7. The predicted molar refractivity (Wildman–Crippen MR) is 72.2 cm³/mol. The van der Waals surface area contributed by atoms with E-state index in [1.54, 1.807) is 18.3 Å². The maximum absolute atomic E-state index is 13.4. The van der Waals surface area contributed by atoms with Gasteiger partial charge in [-0.25, -0.2) is 18.6 Å². The Hall–Kier alpha value is -2.76. The number of aromatic nitrogens is 2. The molecule has 0 aliphatic heterocycles. The van der Waals surface area contributed by atoms with E-state index in [4.69, 9.17) is 0 Å². The Kier molecular flexibility index (Phi) is 2.94. The number of benzene rings is 1. The molecule has 0 saturated heterocycles. The summed E-state index contributed by atoms with van der Waals surface area (Å²) in [7, 11) is 0. The van der Waals surface area contributed by atoms with Crippen molar-refractivity contribution in [2.24, 2.45) is 0 Å². The van der Waals surface area contributed by atoms with Crippen LogP contribution in [0.1, 0.15) is 16.1 Å². The van der Waals surface area contributed by atoms with Crippen LogP contribution < -0.4 is 0 Å². The van der Waals surface area contributed by atoms with Gasteiger partial charge in [-0.1, -0.05) is 6.07 Å². The zero-order valence-electron chi connectivity index (χ0n) is 11.0. The molecule has 0 amide bonds. The molecule has 106 valence electrons. The number of imidazole rings is 1. The fraction of sp³-hybridized carbons (Fsp3) is 0.0667. The van der Waals surface area contributed by atoms with Crippen LogP contribution in [0.25, 0.3) is 16.9 Å². The van der Waals surface area contributed by atoms with Crippen LogP contribution in [0.3, 0.4) is 0 Å². The fourth-order valence-corrected chi connectivity index (χ4v) is 2.20. The van der Waals surface area contributed by atoms with E-state index >= 15 is 0 Å². The number of carboxylic acids is 1. The smallest absolute Gasteiger partial charge is 0.355 e. The molecule has 21 heavy (non-hydrogen) atoms. The Morgan fingerprint density at radius 2 is 1.95 bits per heavy atom. The third-order valence-electron chi connectivity index (χ3n) is 3.16. The average molecular weight is 288 g/mol. The minimum absolute atomic E-state index is 0.0836. The van der Waals surface area contributed by atoms with Crippen molar-refractivity contribution in [1.82, 2.24) is 9.38 Å². The van der Waals surface area contributed by atoms with Crippen molar-refractivity contribution in [2.75, 3.05) is 0 Å². The molecule has 0 atom stereocenters. The van der Waals surface area contributed by atoms with Crippen molar-refractivity contribution in [3.63, 3.8) is 0 Å². The third kappa shape index (κ3) is 2.14. The SMILES string of the molecule is Cc1ccc2nc(-c3ccc(F)c(F)c3)c(C(=O)O)n2c1. The summed E-state index contributed by atoms with van der Waals surface area (Å²) >= 11 is 0. The van der Waals surface area contributed by atoms with Gasteiger partial charge in [0.1, 0.15) is 11.3 Å². The standard InChI is InChI=1S/C15H10F2N2O2/c1-8-2-5-12-18-13(14(15(20)21)19(12)7-8)9-3-4-10(16)11(17)6-9/h2-7H,1H3,(H,20,21). The second kappa shape index (κ2) is 4.66. The highest BCUT2D eigenvalue weighted by atomic mass is 19.2. The monoisotopic (exact) mass is 288 g/mol. The van der Waals surface area contributed by atoms with Crippen LogP contribution in [0.4, 0.5) is 8.78 Å². The van der Waals surface area contributed by atoms with Gasteiger partial charge in [-0.05, 0) is 36.8 Å². The fourth-order valence-electron chi connectivity index (χ4n) is 2.20. The van der Waals surface area contributed by atoms with Gasteiger partial charge in [-0.15, -0.1) is 0 Å². The predicted octanol–water partition coefficient (Wildman–Crippen LogP) is 3.29. The van der Waals surface area contributed by atoms with Crippen molar-refractivity contribution in [3.05, 3.63) is 59.4 Å². The van der Waals surface area contributed by atoms with Crippen LogP contribution in [-0.2, 0) is 0 Å². The van der Waals surface area contributed by atoms with Crippen molar-refractivity contribution in [3.8, 4) is 11.3 Å². The van der Waals surface area contributed by atoms with E-state index in [2.05, 4.69) is 4.98 Å². The first-order valence-corrected chi connectivity index (χ1v) is 6.15. The summed E-state index contributed by atoms with van der Waals surface area (Å²) < 4.78 is 27.8. The number of carboxylic acid groups (broad SMARTS) is 1. The maximum Gasteiger partial charge on any atom is 0.355 e. The van der Waals surface area contributed by atoms with Gasteiger partial charge in [0.15, 0.2) is 17.3 Å². The zero-order valence-corrected chi connectivity index (χ0v) is 11.0. The van der Waals surface area contributed by atoms with Crippen LogP contribution >= 0.6 is 0 Å². The number of halogens is 2. The summed E-state index contributed by atoms with van der Waals surface area (Å²) in [5.74, 6) is -3.22. The van der Waals surface area contributed by atoms with Crippen LogP contribution in [0, 0.1) is 18.6 Å². The number of hydrogen-bond donors (Lipinski definition) is 1. The van der Waals surface area contributed by atoms with Gasteiger partial charge in [0, 0.05) is 11.8 Å². The first kappa shape index (κ1) is 13.2. The highest BCUT2D eigenvalue weighted by molar-refractivity contribution is 5.94. The molecule has 0 aliphatic carbocycles. The first-order valence-electron chi connectivity index (χ1n) is 6.15. The third-order valence-corrected chi connectivity index (χ3v) is 3.16. The lowest BCUT2D eigenvalue weighted by atomic mass is 10.1. The second-order valence-corrected chi connectivity index (χ2v) is 4.68. The number of rotatable bonds is 2. The van der Waals surface area contributed by atoms with Gasteiger partial charge < -0.3 is 5.11 Å². The summed E-state index contributed by atoms with van der Waals surface area (Å²) in [6.07, 6.45) is 1.63. The van der Waals surface area contributed by atoms with Crippen molar-refractivity contribution in [1.29, 1.82) is 0 Å². The Morgan fingerprint density at radius 1 is 1.19 bits per heavy atom. The number of pyridine rings is 1. The lowest BCUT2D eigenvalue weighted by Gasteiger charge is -2.02. The highest BCUT2D eigenvalue weighted by Gasteiger charge is 2.20. The molecule has 3 rings (SSSR count). The molecule has 1 aromatic carbocycles. The van der Waals surface area contributed by atoms with Crippen molar-refractivity contribution < 1.29 is 18.7 Å². The van der Waals surface area contributed by atoms with E-state index in [0.29, 0.717) is 5.65 Å². The van der Waals surface area contributed by atoms with Gasteiger partial charge in [0.2, 0.25) is 0 Å². The number of carbonyl (C=O) groups is 1. The lowest BCUT2D eigenvalue weighted by Crippen LogP contribution is -2.04. The topological polar surface area (TPSA) is 54.6 Å². The summed E-state index contributed by atoms with van der Waals surface area (Å²) in [5.41, 5.74) is 1.52. The van der Waals surface area contributed by atoms with Crippen LogP contribution in [0.15, 0.2) is 36.5 Å². The summed E-state index contributed by atoms with van der Waals surface area (Å²) in [5, 5.41) is 9.40. The summed E-state index contributed by atoms with van der Waals surface area (Å²) in [6.45, 7) is 1.82. The zero-order chi connectivity index (χ0) is 15.1. The molecule has 4 nitrogen and oxygen atoms in total. The van der Waals surface area contributed by atoms with Crippen molar-refractivity contribution in [2.45, 2.75) is 6.92 Å². The molecule has 2 heterocycles. The number of hydrogen-bond acceptors (Lipinski definition) is 2. The minimum atomic E-state index is -1.19. The van der Waals surface area contributed by atoms with Gasteiger partial charge in [-0.2, -0.15) is 0 Å². The minimum Gasteiger partial charge on any atom is -0.476 e. The Bertz CT molecular complexity index is 871. The normalized spacial score (nSPS) is 11.0. The van der Waals surface area contributed by atoms with Crippen molar-refractivity contribution >= 4 is 11.6 Å². The van der Waals surface area contributed by atoms with Gasteiger partial charge in [0.05, 0.1) is 0 Å². The molecule has 1 N–H and O–H groups in total. The van der Waals surface area contributed by atoms with Gasteiger partial charge in [-0.3, -0.25) is 4.40 Å². The Morgan fingerprint density at radius 3 is 2.62 bits per heavy atom. The Balaban J connectivity index is 2.33. The van der Waals surface area contributed by atoms with E-state index in [-0.39, 0.29) is 17.0 Å². The first-order chi connectivity index (χ1) is 9.97. The molecule has 0 radical (unpaired) electrons. The molecule has 3 aromatic rings. The van der Waals surface area contributed by atoms with Gasteiger partial charge >= 0.3 is 5.97 Å². The highest BCUT2D eigenvalue weighted by Crippen LogP contribution is 2.26. The molecule has 0 aliphatic rings. The maximum atomic E-state index is 13.4. The molecular weight excluding hydrogens is 278 g/mol. The van der Waals surface area contributed by atoms with E-state index in [1.165, 1.54) is 10.5 Å². The molecule has 6 heteroatoms. The van der Waals surface area contributed by atoms with E-state index < -0.39 is 17.6 Å². The number of aryl methyl sites for hydroxylation is 1. The molecule has 0 unspecified atom stereocenters. The Labute approximate surface area is 118 Å². The van der Waals surface area contributed by atoms with E-state index in [1.807, 2.05) is 6.92 Å². The van der Waals surface area contributed by atoms with Gasteiger partial charge in [0.25, 0.3) is 0 Å². The second-order valence-electron chi connectivity index (χ2n) is 4.68. The lowest BCUT2D eigenvalue weighted by molar-refractivity contribution is 0.0690. The molecule has 0 fully saturated rings. The number of nitrogens with zero attached hydrogens (tertiary/aromatic N) is 2. The van der Waals surface area contributed by atoms with Crippen LogP contribution in [-0.4, -0.2) is 20.5 Å². The van der Waals surface area contributed by atoms with E-state index in [0.717, 1.165) is 17.7 Å². The average Bonchev–Trinajstić information content (AvgIpc) is 2.80. The molecule has 0 saturated carbocycles. The van der Waals surface area contributed by atoms with Crippen LogP contribution in [0.2, 0.25) is 0 Å². The summed E-state index contributed by atoms with van der Waals surface area (Å²) in [6, 6.07) is 6.66. The van der Waals surface area contributed by atoms with E-state index in [9.17, 15) is 18.7 Å². The largest absolute Gasteiger partial charge is 0.476 e. The number of aromatic carboxylic acids is 1. The molecule has 0 bridgehead atoms. The van der Waals surface area contributed by atoms with Crippen LogP contribution in [0.5, 0.6) is 0 Å². The molecular formula is C15H10F2N2O2. The number of fused-ring (bicyclic) bond motifs is 1. The quantitative estimate of drug-likeness (QED) is 0.787. The molecule has 0 spiro atoms. The molecule has 2 aromatic heterocycles.